The molecule has 0 saturated carbocycles. The summed E-state index contributed by atoms with van der Waals surface area (Å²) in [6.45, 7) is 4.59. The molecule has 0 spiro atoms. The maximum atomic E-state index is 13.0. The Balaban J connectivity index is 1.49. The molecule has 2 N–H and O–H groups in total. The molecule has 0 bridgehead atoms. The summed E-state index contributed by atoms with van der Waals surface area (Å²) in [7, 11) is 1.82. The largest absolute Gasteiger partial charge is 0.479 e. The lowest BCUT2D eigenvalue weighted by molar-refractivity contribution is -0.139. The van der Waals surface area contributed by atoms with Gasteiger partial charge >= 0.3 is 0 Å². The number of hydrogen-bond acceptors (Lipinski definition) is 5. The van der Waals surface area contributed by atoms with Crippen LogP contribution in [0.5, 0.6) is 5.75 Å². The van der Waals surface area contributed by atoms with E-state index in [9.17, 15) is 10.1 Å². The molecule has 3 atom stereocenters. The van der Waals surface area contributed by atoms with Crippen molar-refractivity contribution in [3.8, 4) is 11.8 Å². The van der Waals surface area contributed by atoms with Crippen LogP contribution >= 0.6 is 0 Å². The molecule has 0 aliphatic carbocycles. The van der Waals surface area contributed by atoms with E-state index in [2.05, 4.69) is 41.2 Å². The Bertz CT molecular complexity index is 894. The van der Waals surface area contributed by atoms with Crippen LogP contribution in [0.25, 0.3) is 0 Å². The van der Waals surface area contributed by atoms with Gasteiger partial charge in [0.1, 0.15) is 11.8 Å². The van der Waals surface area contributed by atoms with Crippen LogP contribution in [0.1, 0.15) is 50.3 Å². The molecule has 164 valence electrons. The highest BCUT2D eigenvalue weighted by atomic mass is 16.5. The van der Waals surface area contributed by atoms with Gasteiger partial charge in [0.05, 0.1) is 5.56 Å². The predicted octanol–water partition coefficient (Wildman–Crippen LogP) is 3.81. The van der Waals surface area contributed by atoms with E-state index in [-0.39, 0.29) is 11.8 Å². The second-order valence-corrected chi connectivity index (χ2v) is 8.48. The van der Waals surface area contributed by atoms with E-state index in [4.69, 9.17) is 4.74 Å². The summed E-state index contributed by atoms with van der Waals surface area (Å²) in [6, 6.07) is 20.3. The smallest absolute Gasteiger partial charge is 0.263 e. The lowest BCUT2D eigenvalue weighted by Crippen LogP contribution is -2.43. The zero-order valence-corrected chi connectivity index (χ0v) is 18.5. The van der Waals surface area contributed by atoms with Crippen LogP contribution in [0, 0.1) is 17.2 Å². The van der Waals surface area contributed by atoms with Crippen molar-refractivity contribution in [1.82, 2.24) is 15.8 Å². The van der Waals surface area contributed by atoms with Crippen LogP contribution in [0.15, 0.2) is 54.6 Å². The van der Waals surface area contributed by atoms with Gasteiger partial charge < -0.3 is 9.64 Å². The van der Waals surface area contributed by atoms with Gasteiger partial charge in [-0.05, 0) is 42.9 Å². The van der Waals surface area contributed by atoms with Crippen LogP contribution in [0.4, 0.5) is 0 Å². The Labute approximate surface area is 185 Å². The lowest BCUT2D eigenvalue weighted by atomic mass is 9.99. The lowest BCUT2D eigenvalue weighted by Gasteiger charge is -2.27. The third kappa shape index (κ3) is 6.06. The summed E-state index contributed by atoms with van der Waals surface area (Å²) in [5.74, 6) is 0.398. The number of rotatable bonds is 9. The van der Waals surface area contributed by atoms with Crippen LogP contribution < -0.4 is 15.6 Å². The Hall–Kier alpha value is -2.88. The minimum Gasteiger partial charge on any atom is -0.479 e. The number of hydrazine groups is 1. The molecular formula is C25H32N4O2. The molecule has 6 nitrogen and oxygen atoms in total. The minimum absolute atomic E-state index is 0.00553. The number of amides is 1. The Kier molecular flexibility index (Phi) is 8.05. The monoisotopic (exact) mass is 420 g/mol. The number of nitriles is 1. The zero-order valence-electron chi connectivity index (χ0n) is 18.5. The summed E-state index contributed by atoms with van der Waals surface area (Å²) >= 11 is 0. The Morgan fingerprint density at radius 3 is 2.58 bits per heavy atom. The number of nitrogens with one attached hydrogen (secondary N) is 2. The number of carbonyl (C=O) groups is 1. The molecule has 1 aliphatic heterocycles. The van der Waals surface area contributed by atoms with Crippen molar-refractivity contribution in [2.45, 2.75) is 51.3 Å². The molecule has 31 heavy (non-hydrogen) atoms. The van der Waals surface area contributed by atoms with E-state index in [0.717, 1.165) is 19.3 Å². The van der Waals surface area contributed by atoms with Gasteiger partial charge in [-0.1, -0.05) is 56.3 Å². The molecule has 1 amide bonds. The molecule has 0 radical (unpaired) electrons. The molecule has 2 aromatic carbocycles. The van der Waals surface area contributed by atoms with Crippen molar-refractivity contribution in [2.24, 2.45) is 5.92 Å². The van der Waals surface area contributed by atoms with E-state index in [1.807, 2.05) is 33.0 Å². The molecule has 3 unspecified atom stereocenters. The highest BCUT2D eigenvalue weighted by molar-refractivity contribution is 5.81. The number of nitrogens with zero attached hydrogens (tertiary/aromatic N) is 2. The quantitative estimate of drug-likeness (QED) is 0.645. The van der Waals surface area contributed by atoms with Crippen molar-refractivity contribution in [3.63, 3.8) is 0 Å². The third-order valence-electron chi connectivity index (χ3n) is 5.72. The molecule has 0 aromatic heterocycles. The molecule has 3 rings (SSSR count). The normalized spacial score (nSPS) is 19.1. The average molecular weight is 421 g/mol. The van der Waals surface area contributed by atoms with Crippen molar-refractivity contribution in [3.05, 3.63) is 65.7 Å². The van der Waals surface area contributed by atoms with Gasteiger partial charge in [0.25, 0.3) is 5.91 Å². The molecular weight excluding hydrogens is 388 g/mol. The first-order chi connectivity index (χ1) is 15.0. The predicted molar refractivity (Wildman–Crippen MR) is 121 cm³/mol. The van der Waals surface area contributed by atoms with Crippen molar-refractivity contribution in [1.29, 1.82) is 5.26 Å². The van der Waals surface area contributed by atoms with Gasteiger partial charge in [0.15, 0.2) is 6.10 Å². The average Bonchev–Trinajstić information content (AvgIpc) is 3.26. The first-order valence-electron chi connectivity index (χ1n) is 11.0. The SMILES string of the molecule is CC(C)C(Oc1ccccc1C#N)C(=O)N(C)CCCC1CC(c2ccccc2)NN1. The Morgan fingerprint density at radius 2 is 1.87 bits per heavy atom. The number of ether oxygens (including phenoxy) is 1. The topological polar surface area (TPSA) is 77.4 Å². The van der Waals surface area contributed by atoms with Crippen LogP contribution in [-0.2, 0) is 4.79 Å². The summed E-state index contributed by atoms with van der Waals surface area (Å²) < 4.78 is 5.99. The maximum Gasteiger partial charge on any atom is 0.263 e. The van der Waals surface area contributed by atoms with Crippen LogP contribution in [0.3, 0.4) is 0 Å². The number of benzene rings is 2. The highest BCUT2D eigenvalue weighted by Gasteiger charge is 2.29. The summed E-state index contributed by atoms with van der Waals surface area (Å²) in [5, 5.41) is 9.29. The van der Waals surface area contributed by atoms with E-state index in [1.54, 1.807) is 23.1 Å². The zero-order chi connectivity index (χ0) is 22.2. The van der Waals surface area contributed by atoms with Gasteiger partial charge in [0, 0.05) is 25.7 Å². The third-order valence-corrected chi connectivity index (χ3v) is 5.72. The molecule has 6 heteroatoms. The number of carbonyl (C=O) groups excluding carboxylic acids is 1. The van der Waals surface area contributed by atoms with Crippen molar-refractivity contribution in [2.75, 3.05) is 13.6 Å². The number of hydrogen-bond donors (Lipinski definition) is 2. The summed E-state index contributed by atoms with van der Waals surface area (Å²) in [4.78, 5) is 14.8. The maximum absolute atomic E-state index is 13.0. The van der Waals surface area contributed by atoms with Gasteiger partial charge in [-0.2, -0.15) is 5.26 Å². The van der Waals surface area contributed by atoms with Gasteiger partial charge in [-0.25, -0.2) is 0 Å². The van der Waals surface area contributed by atoms with E-state index < -0.39 is 6.10 Å². The first kappa shape index (κ1) is 22.8. The fourth-order valence-corrected chi connectivity index (χ4v) is 3.89. The van der Waals surface area contributed by atoms with Gasteiger partial charge in [0.2, 0.25) is 0 Å². The minimum atomic E-state index is -0.617. The van der Waals surface area contributed by atoms with Crippen molar-refractivity contribution >= 4 is 5.91 Å². The summed E-state index contributed by atoms with van der Waals surface area (Å²) in [6.07, 6.45) is 2.30. The summed E-state index contributed by atoms with van der Waals surface area (Å²) in [5.41, 5.74) is 8.50. The van der Waals surface area contributed by atoms with Crippen LogP contribution in [0.2, 0.25) is 0 Å². The number of para-hydroxylation sites is 1. The second-order valence-electron chi connectivity index (χ2n) is 8.48. The molecule has 1 saturated heterocycles. The van der Waals surface area contributed by atoms with Gasteiger partial charge in [-0.15, -0.1) is 0 Å². The molecule has 2 aromatic rings. The highest BCUT2D eigenvalue weighted by Crippen LogP contribution is 2.24. The van der Waals surface area contributed by atoms with E-state index in [0.29, 0.717) is 29.9 Å². The van der Waals surface area contributed by atoms with E-state index >= 15 is 0 Å². The molecule has 1 heterocycles. The van der Waals surface area contributed by atoms with Crippen LogP contribution in [-0.4, -0.2) is 36.5 Å². The fourth-order valence-electron chi connectivity index (χ4n) is 3.89. The van der Waals surface area contributed by atoms with E-state index in [1.165, 1.54) is 5.56 Å². The number of likely N-dealkylation sites (N-methyl/N-ethyl adjacent to an activating group) is 1. The first-order valence-corrected chi connectivity index (χ1v) is 11.0. The van der Waals surface area contributed by atoms with Gasteiger partial charge in [-0.3, -0.25) is 15.6 Å². The standard InChI is InChI=1S/C25H32N4O2/c1-18(2)24(31-23-14-8-7-12-20(23)17-26)25(30)29(3)15-9-13-21-16-22(28-27-21)19-10-5-4-6-11-19/h4-8,10-12,14,18,21-22,24,27-28H,9,13,15-16H2,1-3H3. The Morgan fingerprint density at radius 1 is 1.16 bits per heavy atom. The second kappa shape index (κ2) is 10.9. The molecule has 1 fully saturated rings. The van der Waals surface area contributed by atoms with Crippen molar-refractivity contribution < 1.29 is 9.53 Å². The fraction of sp³-hybridized carbons (Fsp3) is 0.440. The molecule has 1 aliphatic rings.